The Bertz CT molecular complexity index is 476. The number of anilines is 1. The predicted octanol–water partition coefficient (Wildman–Crippen LogP) is 2.30. The lowest BCUT2D eigenvalue weighted by atomic mass is 9.79. The Balaban J connectivity index is 2.06. The number of aromatic carboxylic acids is 1. The van der Waals surface area contributed by atoms with Gasteiger partial charge in [0.2, 0.25) is 0 Å². The molecule has 0 radical (unpaired) electrons. The highest BCUT2D eigenvalue weighted by molar-refractivity contribution is 5.93. The lowest BCUT2D eigenvalue weighted by Crippen LogP contribution is -2.29. The Morgan fingerprint density at radius 2 is 2.10 bits per heavy atom. The number of aryl methyl sites for hydroxylation is 1. The van der Waals surface area contributed by atoms with Crippen LogP contribution in [0.4, 0.5) is 5.69 Å². The van der Waals surface area contributed by atoms with Gasteiger partial charge in [-0.15, -0.1) is 0 Å². The van der Waals surface area contributed by atoms with Crippen molar-refractivity contribution in [1.82, 2.24) is 4.98 Å². The highest BCUT2D eigenvalue weighted by Crippen LogP contribution is 2.30. The summed E-state index contributed by atoms with van der Waals surface area (Å²) >= 11 is 0. The molecular weight excluding hydrogens is 256 g/mol. The van der Waals surface area contributed by atoms with E-state index in [1.54, 1.807) is 6.07 Å². The van der Waals surface area contributed by atoms with Crippen molar-refractivity contribution < 1.29 is 15.0 Å². The molecule has 0 amide bonds. The van der Waals surface area contributed by atoms with Crippen molar-refractivity contribution in [3.05, 3.63) is 23.5 Å². The monoisotopic (exact) mass is 278 g/mol. The zero-order valence-corrected chi connectivity index (χ0v) is 11.8. The van der Waals surface area contributed by atoms with E-state index in [4.69, 9.17) is 0 Å². The summed E-state index contributed by atoms with van der Waals surface area (Å²) in [6, 6.07) is 1.76. The second-order valence-electron chi connectivity index (χ2n) is 5.54. The zero-order chi connectivity index (χ0) is 14.5. The van der Waals surface area contributed by atoms with Crippen molar-refractivity contribution in [3.63, 3.8) is 0 Å². The Hall–Kier alpha value is -1.62. The van der Waals surface area contributed by atoms with Crippen LogP contribution in [0, 0.1) is 18.8 Å². The number of carbonyl (C=O) groups is 1. The first-order chi connectivity index (χ1) is 9.61. The van der Waals surface area contributed by atoms with Crippen LogP contribution in [-0.4, -0.2) is 34.3 Å². The molecule has 1 heterocycles. The Morgan fingerprint density at radius 1 is 1.40 bits per heavy atom. The number of hydrogen-bond donors (Lipinski definition) is 3. The predicted molar refractivity (Wildman–Crippen MR) is 77.0 cm³/mol. The van der Waals surface area contributed by atoms with Crippen LogP contribution in [0.15, 0.2) is 12.3 Å². The third kappa shape index (κ3) is 3.48. The van der Waals surface area contributed by atoms with Gasteiger partial charge in [0.25, 0.3) is 0 Å². The molecule has 0 saturated heterocycles. The van der Waals surface area contributed by atoms with Crippen molar-refractivity contribution in [2.45, 2.75) is 32.6 Å². The number of aliphatic hydroxyl groups is 1. The lowest BCUT2D eigenvalue weighted by Gasteiger charge is -2.30. The van der Waals surface area contributed by atoms with E-state index in [-0.39, 0.29) is 12.2 Å². The fourth-order valence-corrected chi connectivity index (χ4v) is 2.91. The van der Waals surface area contributed by atoms with Crippen molar-refractivity contribution in [3.8, 4) is 0 Å². The molecule has 5 nitrogen and oxygen atoms in total. The Labute approximate surface area is 119 Å². The summed E-state index contributed by atoms with van der Waals surface area (Å²) in [5.41, 5.74) is 1.61. The SMILES string of the molecule is Cc1cc(NCC2CCCCC2CO)c(C(=O)O)cn1. The molecular formula is C15H22N2O3. The number of nitrogens with one attached hydrogen (secondary N) is 1. The van der Waals surface area contributed by atoms with E-state index in [1.807, 2.05) is 6.92 Å². The molecule has 1 aliphatic rings. The molecule has 2 rings (SSSR count). The Morgan fingerprint density at radius 3 is 2.75 bits per heavy atom. The van der Waals surface area contributed by atoms with Crippen molar-refractivity contribution in [1.29, 1.82) is 0 Å². The second-order valence-corrected chi connectivity index (χ2v) is 5.54. The van der Waals surface area contributed by atoms with Gasteiger partial charge in [-0.05, 0) is 37.7 Å². The van der Waals surface area contributed by atoms with E-state index in [2.05, 4.69) is 10.3 Å². The van der Waals surface area contributed by atoms with Crippen molar-refractivity contribution in [2.24, 2.45) is 11.8 Å². The van der Waals surface area contributed by atoms with Gasteiger partial charge < -0.3 is 15.5 Å². The molecule has 2 atom stereocenters. The number of pyridine rings is 1. The summed E-state index contributed by atoms with van der Waals surface area (Å²) in [5.74, 6) is -0.237. The zero-order valence-electron chi connectivity index (χ0n) is 11.8. The van der Waals surface area contributed by atoms with E-state index in [0.29, 0.717) is 24.1 Å². The van der Waals surface area contributed by atoms with Crippen LogP contribution in [-0.2, 0) is 0 Å². The molecule has 1 fully saturated rings. The third-order valence-electron chi connectivity index (χ3n) is 4.13. The summed E-state index contributed by atoms with van der Waals surface area (Å²) in [7, 11) is 0. The van der Waals surface area contributed by atoms with Gasteiger partial charge in [0.1, 0.15) is 5.56 Å². The molecule has 1 aromatic rings. The summed E-state index contributed by atoms with van der Waals surface area (Å²) in [6.45, 7) is 2.76. The average molecular weight is 278 g/mol. The number of hydrogen-bond acceptors (Lipinski definition) is 4. The molecule has 110 valence electrons. The minimum Gasteiger partial charge on any atom is -0.478 e. The summed E-state index contributed by atoms with van der Waals surface area (Å²) in [6.07, 6.45) is 5.90. The van der Waals surface area contributed by atoms with Gasteiger partial charge in [-0.2, -0.15) is 0 Å². The molecule has 20 heavy (non-hydrogen) atoms. The number of carboxylic acids is 1. The second kappa shape index (κ2) is 6.70. The van der Waals surface area contributed by atoms with E-state index < -0.39 is 5.97 Å². The van der Waals surface area contributed by atoms with Gasteiger partial charge in [0.15, 0.2) is 0 Å². The van der Waals surface area contributed by atoms with Gasteiger partial charge in [-0.1, -0.05) is 12.8 Å². The largest absolute Gasteiger partial charge is 0.478 e. The highest BCUT2D eigenvalue weighted by Gasteiger charge is 2.24. The lowest BCUT2D eigenvalue weighted by molar-refractivity contribution is 0.0697. The van der Waals surface area contributed by atoms with Crippen LogP contribution in [0.25, 0.3) is 0 Å². The van der Waals surface area contributed by atoms with Crippen LogP contribution in [0.3, 0.4) is 0 Å². The number of nitrogens with zero attached hydrogens (tertiary/aromatic N) is 1. The minimum atomic E-state index is -0.970. The maximum absolute atomic E-state index is 11.2. The van der Waals surface area contributed by atoms with E-state index >= 15 is 0 Å². The number of rotatable bonds is 5. The van der Waals surface area contributed by atoms with Gasteiger partial charge in [-0.3, -0.25) is 4.98 Å². The highest BCUT2D eigenvalue weighted by atomic mass is 16.4. The number of aliphatic hydroxyl groups excluding tert-OH is 1. The molecule has 2 unspecified atom stereocenters. The normalized spacial score (nSPS) is 22.5. The smallest absolute Gasteiger partial charge is 0.339 e. The maximum atomic E-state index is 11.2. The maximum Gasteiger partial charge on any atom is 0.339 e. The number of aromatic nitrogens is 1. The number of carboxylic acid groups (broad SMARTS) is 1. The van der Waals surface area contributed by atoms with E-state index in [9.17, 15) is 15.0 Å². The van der Waals surface area contributed by atoms with Gasteiger partial charge in [0.05, 0.1) is 5.69 Å². The molecule has 1 aliphatic carbocycles. The van der Waals surface area contributed by atoms with Gasteiger partial charge in [-0.25, -0.2) is 4.79 Å². The fraction of sp³-hybridized carbons (Fsp3) is 0.600. The molecule has 1 saturated carbocycles. The standard InChI is InChI=1S/C15H22N2O3/c1-10-6-14(13(8-16-10)15(19)20)17-7-11-4-2-3-5-12(11)9-18/h6,8,11-12,18H,2-5,7,9H2,1H3,(H,16,17)(H,19,20). The van der Waals surface area contributed by atoms with Crippen molar-refractivity contribution >= 4 is 11.7 Å². The Kier molecular flexibility index (Phi) is 4.95. The van der Waals surface area contributed by atoms with E-state index in [0.717, 1.165) is 18.5 Å². The fourth-order valence-electron chi connectivity index (χ4n) is 2.91. The molecule has 5 heteroatoms. The summed E-state index contributed by atoms with van der Waals surface area (Å²) in [5, 5.41) is 21.8. The minimum absolute atomic E-state index is 0.201. The molecule has 0 aromatic carbocycles. The quantitative estimate of drug-likeness (QED) is 0.770. The molecule has 0 bridgehead atoms. The summed E-state index contributed by atoms with van der Waals surface area (Å²) < 4.78 is 0. The van der Waals surface area contributed by atoms with Crippen molar-refractivity contribution in [2.75, 3.05) is 18.5 Å². The van der Waals surface area contributed by atoms with Crippen LogP contribution in [0.5, 0.6) is 0 Å². The van der Waals surface area contributed by atoms with E-state index in [1.165, 1.54) is 19.0 Å². The first-order valence-corrected chi connectivity index (χ1v) is 7.16. The van der Waals surface area contributed by atoms with Crippen LogP contribution >= 0.6 is 0 Å². The molecule has 0 aliphatic heterocycles. The summed E-state index contributed by atoms with van der Waals surface area (Å²) in [4.78, 5) is 15.2. The van der Waals surface area contributed by atoms with Crippen LogP contribution in [0.2, 0.25) is 0 Å². The first-order valence-electron chi connectivity index (χ1n) is 7.16. The first kappa shape index (κ1) is 14.8. The average Bonchev–Trinajstić information content (AvgIpc) is 2.45. The molecule has 1 aromatic heterocycles. The van der Waals surface area contributed by atoms with Crippen LogP contribution in [0.1, 0.15) is 41.7 Å². The van der Waals surface area contributed by atoms with Gasteiger partial charge >= 0.3 is 5.97 Å². The third-order valence-corrected chi connectivity index (χ3v) is 4.13. The van der Waals surface area contributed by atoms with Crippen LogP contribution < -0.4 is 5.32 Å². The van der Waals surface area contributed by atoms with Gasteiger partial charge in [0, 0.05) is 25.0 Å². The molecule has 0 spiro atoms. The topological polar surface area (TPSA) is 82.5 Å². The molecule has 3 N–H and O–H groups in total.